The van der Waals surface area contributed by atoms with Crippen LogP contribution in [-0.4, -0.2) is 54.1 Å². The highest BCUT2D eigenvalue weighted by atomic mass is 16.5. The third-order valence-electron chi connectivity index (χ3n) is 5.67. The molecule has 130 valence electrons. The Morgan fingerprint density at radius 1 is 1.42 bits per heavy atom. The van der Waals surface area contributed by atoms with Gasteiger partial charge in [0.2, 0.25) is 0 Å². The molecule has 1 aromatic rings. The number of hydrogen-bond donors (Lipinski definition) is 2. The maximum Gasteiger partial charge on any atom is 0.166 e. The van der Waals surface area contributed by atoms with Gasteiger partial charge in [-0.3, -0.25) is 4.90 Å². The van der Waals surface area contributed by atoms with E-state index in [1.807, 2.05) is 12.1 Å². The summed E-state index contributed by atoms with van der Waals surface area (Å²) in [5.74, 6) is 1.62. The summed E-state index contributed by atoms with van der Waals surface area (Å²) in [7, 11) is 1.67. The zero-order valence-corrected chi connectivity index (χ0v) is 14.1. The van der Waals surface area contributed by atoms with Gasteiger partial charge >= 0.3 is 0 Å². The van der Waals surface area contributed by atoms with E-state index in [0.717, 1.165) is 44.0 Å². The third-order valence-corrected chi connectivity index (χ3v) is 5.67. The Morgan fingerprint density at radius 2 is 2.29 bits per heavy atom. The minimum absolute atomic E-state index is 0.0414. The first-order chi connectivity index (χ1) is 11.7. The van der Waals surface area contributed by atoms with Crippen molar-refractivity contribution in [1.82, 2.24) is 4.90 Å². The Balaban J connectivity index is 1.80. The Kier molecular flexibility index (Phi) is 4.03. The van der Waals surface area contributed by atoms with Crippen LogP contribution in [0.1, 0.15) is 30.4 Å². The topological polar surface area (TPSA) is 62.2 Å². The van der Waals surface area contributed by atoms with Crippen LogP contribution in [0.15, 0.2) is 24.3 Å². The molecule has 5 nitrogen and oxygen atoms in total. The van der Waals surface area contributed by atoms with Crippen molar-refractivity contribution < 1.29 is 19.7 Å². The molecule has 0 aromatic heterocycles. The lowest BCUT2D eigenvalue weighted by molar-refractivity contribution is 0.0806. The molecule has 4 rings (SSSR count). The van der Waals surface area contributed by atoms with Crippen molar-refractivity contribution in [2.45, 2.75) is 43.4 Å². The van der Waals surface area contributed by atoms with Crippen molar-refractivity contribution in [1.29, 1.82) is 0 Å². The summed E-state index contributed by atoms with van der Waals surface area (Å²) in [6, 6.07) is 4.12. The smallest absolute Gasteiger partial charge is 0.166 e. The lowest BCUT2D eigenvalue weighted by Gasteiger charge is -2.35. The van der Waals surface area contributed by atoms with Crippen LogP contribution in [0.5, 0.6) is 11.5 Å². The van der Waals surface area contributed by atoms with Crippen molar-refractivity contribution in [3.8, 4) is 11.5 Å². The van der Waals surface area contributed by atoms with E-state index in [4.69, 9.17) is 14.6 Å². The predicted octanol–water partition coefficient (Wildman–Crippen LogP) is 1.60. The molecule has 0 amide bonds. The SMILES string of the molecule is COc1ccc2c3c1O[C@@H]1C[C@H](O)C=CC31CCN(CCCO)C2. The maximum absolute atomic E-state index is 10.1. The fraction of sp³-hybridized carbons (Fsp3) is 0.579. The van der Waals surface area contributed by atoms with Crippen molar-refractivity contribution in [3.05, 3.63) is 35.4 Å². The number of benzene rings is 1. The Hall–Kier alpha value is -1.56. The molecule has 2 aliphatic heterocycles. The normalized spacial score (nSPS) is 31.1. The Morgan fingerprint density at radius 3 is 3.08 bits per heavy atom. The first-order valence-corrected chi connectivity index (χ1v) is 8.75. The van der Waals surface area contributed by atoms with Crippen molar-refractivity contribution in [2.24, 2.45) is 0 Å². The number of aliphatic hydroxyl groups is 2. The summed E-state index contributed by atoms with van der Waals surface area (Å²) < 4.78 is 11.8. The molecule has 5 heteroatoms. The van der Waals surface area contributed by atoms with E-state index in [2.05, 4.69) is 17.0 Å². The van der Waals surface area contributed by atoms with Crippen molar-refractivity contribution in [2.75, 3.05) is 26.8 Å². The Bertz CT molecular complexity index is 659. The second-order valence-electron chi connectivity index (χ2n) is 7.04. The molecule has 3 atom stereocenters. The van der Waals surface area contributed by atoms with E-state index in [1.54, 1.807) is 7.11 Å². The van der Waals surface area contributed by atoms with Crippen LogP contribution in [-0.2, 0) is 12.0 Å². The third kappa shape index (κ3) is 2.34. The van der Waals surface area contributed by atoms with E-state index < -0.39 is 6.10 Å². The minimum Gasteiger partial charge on any atom is -0.493 e. The molecule has 1 aromatic carbocycles. The fourth-order valence-corrected chi connectivity index (χ4v) is 4.48. The monoisotopic (exact) mass is 331 g/mol. The molecule has 0 fully saturated rings. The highest BCUT2D eigenvalue weighted by molar-refractivity contribution is 5.60. The van der Waals surface area contributed by atoms with Crippen LogP contribution < -0.4 is 9.47 Å². The standard InChI is InChI=1S/C19H25NO4/c1-23-15-4-3-13-12-20(8-2-10-21)9-7-19-6-5-14(22)11-16(19)24-18(15)17(13)19/h3-6,14,16,21-22H,2,7-12H2,1H3/t14-,16-,19?/m1/s1. The number of nitrogens with zero attached hydrogens (tertiary/aromatic N) is 1. The lowest BCUT2D eigenvalue weighted by Crippen LogP contribution is -2.43. The molecule has 0 saturated heterocycles. The van der Waals surface area contributed by atoms with Crippen molar-refractivity contribution in [3.63, 3.8) is 0 Å². The van der Waals surface area contributed by atoms with E-state index in [9.17, 15) is 5.11 Å². The molecule has 1 aliphatic carbocycles. The van der Waals surface area contributed by atoms with Gasteiger partial charge < -0.3 is 19.7 Å². The quantitative estimate of drug-likeness (QED) is 0.821. The van der Waals surface area contributed by atoms with Gasteiger partial charge in [-0.2, -0.15) is 0 Å². The summed E-state index contributed by atoms with van der Waals surface area (Å²) in [5.41, 5.74) is 2.33. The Labute approximate surface area is 142 Å². The molecular formula is C19H25NO4. The number of rotatable bonds is 4. The van der Waals surface area contributed by atoms with Crippen LogP contribution in [0.4, 0.5) is 0 Å². The molecule has 3 aliphatic rings. The molecular weight excluding hydrogens is 306 g/mol. The summed E-state index contributed by atoms with van der Waals surface area (Å²) in [5, 5.41) is 19.2. The van der Waals surface area contributed by atoms with E-state index in [-0.39, 0.29) is 18.1 Å². The largest absolute Gasteiger partial charge is 0.493 e. The average molecular weight is 331 g/mol. The number of methoxy groups -OCH3 is 1. The molecule has 0 radical (unpaired) electrons. The lowest BCUT2D eigenvalue weighted by atomic mass is 9.69. The van der Waals surface area contributed by atoms with E-state index in [1.165, 1.54) is 11.1 Å². The second-order valence-corrected chi connectivity index (χ2v) is 7.04. The van der Waals surface area contributed by atoms with Crippen molar-refractivity contribution >= 4 is 0 Å². The van der Waals surface area contributed by atoms with E-state index in [0.29, 0.717) is 6.42 Å². The first kappa shape index (κ1) is 15.9. The average Bonchev–Trinajstić information content (AvgIpc) is 2.83. The molecule has 2 heterocycles. The fourth-order valence-electron chi connectivity index (χ4n) is 4.48. The van der Waals surface area contributed by atoms with Gasteiger partial charge in [-0.15, -0.1) is 0 Å². The molecule has 0 saturated carbocycles. The van der Waals surface area contributed by atoms with Crippen LogP contribution in [0.3, 0.4) is 0 Å². The number of hydrogen-bond acceptors (Lipinski definition) is 5. The highest BCUT2D eigenvalue weighted by Crippen LogP contribution is 2.55. The molecule has 24 heavy (non-hydrogen) atoms. The summed E-state index contributed by atoms with van der Waals surface area (Å²) in [6.45, 7) is 2.93. The van der Waals surface area contributed by atoms with Crippen LogP contribution in [0.2, 0.25) is 0 Å². The molecule has 1 unspecified atom stereocenters. The van der Waals surface area contributed by atoms with Gasteiger partial charge in [0.1, 0.15) is 6.10 Å². The molecule has 0 bridgehead atoms. The number of ether oxygens (including phenoxy) is 2. The van der Waals surface area contributed by atoms with Gasteiger partial charge in [-0.25, -0.2) is 0 Å². The number of aliphatic hydroxyl groups excluding tert-OH is 2. The first-order valence-electron chi connectivity index (χ1n) is 8.75. The predicted molar refractivity (Wildman–Crippen MR) is 90.4 cm³/mol. The zero-order valence-electron chi connectivity index (χ0n) is 14.1. The zero-order chi connectivity index (χ0) is 16.7. The maximum atomic E-state index is 10.1. The second kappa shape index (κ2) is 6.06. The van der Waals surface area contributed by atoms with Gasteiger partial charge in [-0.05, 0) is 31.0 Å². The highest BCUT2D eigenvalue weighted by Gasteiger charge is 2.52. The minimum atomic E-state index is -0.446. The van der Waals surface area contributed by atoms with Crippen LogP contribution in [0.25, 0.3) is 0 Å². The van der Waals surface area contributed by atoms with Crippen LogP contribution in [0, 0.1) is 0 Å². The van der Waals surface area contributed by atoms with Gasteiger partial charge in [0, 0.05) is 31.7 Å². The molecule has 2 N–H and O–H groups in total. The summed E-state index contributed by atoms with van der Waals surface area (Å²) in [4.78, 5) is 2.40. The van der Waals surface area contributed by atoms with Gasteiger partial charge in [0.25, 0.3) is 0 Å². The van der Waals surface area contributed by atoms with Gasteiger partial charge in [0.15, 0.2) is 11.5 Å². The summed E-state index contributed by atoms with van der Waals surface area (Å²) >= 11 is 0. The molecule has 1 spiro atoms. The van der Waals surface area contributed by atoms with Gasteiger partial charge in [-0.1, -0.05) is 18.2 Å². The van der Waals surface area contributed by atoms with Gasteiger partial charge in [0.05, 0.1) is 18.6 Å². The summed E-state index contributed by atoms with van der Waals surface area (Å²) in [6.07, 6.45) is 5.96. The van der Waals surface area contributed by atoms with E-state index >= 15 is 0 Å². The van der Waals surface area contributed by atoms with Crippen LogP contribution >= 0.6 is 0 Å².